The highest BCUT2D eigenvalue weighted by molar-refractivity contribution is 7.99. The predicted octanol–water partition coefficient (Wildman–Crippen LogP) is 3.49. The van der Waals surface area contributed by atoms with Gasteiger partial charge in [-0.05, 0) is 32.9 Å². The van der Waals surface area contributed by atoms with Gasteiger partial charge in [0, 0.05) is 16.6 Å². The molecule has 1 aromatic carbocycles. The molecule has 0 fully saturated rings. The standard InChI is InChI=1S/C13H15ClN2O2S/c1-13(2,3)16-11(17)7-19-12-15-9-5-4-8(14)6-10(9)18-12/h4-6H,7H2,1-3H3,(H,16,17). The number of carbonyl (C=O) groups excluding carboxylic acids is 1. The summed E-state index contributed by atoms with van der Waals surface area (Å²) >= 11 is 7.14. The third-order valence-electron chi connectivity index (χ3n) is 2.17. The fraction of sp³-hybridized carbons (Fsp3) is 0.385. The van der Waals surface area contributed by atoms with Gasteiger partial charge in [-0.25, -0.2) is 4.98 Å². The van der Waals surface area contributed by atoms with Gasteiger partial charge in [0.05, 0.1) is 5.75 Å². The predicted molar refractivity (Wildman–Crippen MR) is 77.6 cm³/mol. The highest BCUT2D eigenvalue weighted by atomic mass is 35.5. The molecule has 4 nitrogen and oxygen atoms in total. The Morgan fingerprint density at radius 1 is 1.47 bits per heavy atom. The molecule has 1 heterocycles. The van der Waals surface area contributed by atoms with E-state index in [4.69, 9.17) is 16.0 Å². The van der Waals surface area contributed by atoms with Crippen LogP contribution in [-0.2, 0) is 4.79 Å². The molecule has 0 spiro atoms. The molecule has 1 amide bonds. The first-order chi connectivity index (χ1) is 8.83. The van der Waals surface area contributed by atoms with E-state index in [1.54, 1.807) is 18.2 Å². The van der Waals surface area contributed by atoms with Crippen molar-refractivity contribution < 1.29 is 9.21 Å². The number of oxazole rings is 1. The summed E-state index contributed by atoms with van der Waals surface area (Å²) in [6.07, 6.45) is 0. The third kappa shape index (κ3) is 4.14. The molecule has 6 heteroatoms. The zero-order valence-electron chi connectivity index (χ0n) is 11.0. The number of rotatable bonds is 3. The second kappa shape index (κ2) is 5.43. The third-order valence-corrected chi connectivity index (χ3v) is 3.24. The molecule has 102 valence electrons. The fourth-order valence-corrected chi connectivity index (χ4v) is 2.32. The lowest BCUT2D eigenvalue weighted by Crippen LogP contribution is -2.41. The van der Waals surface area contributed by atoms with Crippen LogP contribution in [0.2, 0.25) is 5.02 Å². The average Bonchev–Trinajstić information content (AvgIpc) is 2.66. The molecule has 0 radical (unpaired) electrons. The topological polar surface area (TPSA) is 55.1 Å². The largest absolute Gasteiger partial charge is 0.431 e. The van der Waals surface area contributed by atoms with Gasteiger partial charge in [0.25, 0.3) is 5.22 Å². The highest BCUT2D eigenvalue weighted by Gasteiger charge is 2.15. The molecule has 0 bridgehead atoms. The zero-order chi connectivity index (χ0) is 14.0. The maximum absolute atomic E-state index is 11.7. The monoisotopic (exact) mass is 298 g/mol. The van der Waals surface area contributed by atoms with Crippen molar-refractivity contribution in [2.24, 2.45) is 0 Å². The fourth-order valence-electron chi connectivity index (χ4n) is 1.52. The molecule has 1 aromatic heterocycles. The maximum atomic E-state index is 11.7. The summed E-state index contributed by atoms with van der Waals surface area (Å²) in [7, 11) is 0. The van der Waals surface area contributed by atoms with Gasteiger partial charge >= 0.3 is 0 Å². The number of thioether (sulfide) groups is 1. The Balaban J connectivity index is 2.00. The Hall–Kier alpha value is -1.20. The second-order valence-corrected chi connectivity index (χ2v) is 6.54. The number of benzene rings is 1. The van der Waals surface area contributed by atoms with Gasteiger partial charge in [-0.1, -0.05) is 23.4 Å². The minimum Gasteiger partial charge on any atom is -0.431 e. The molecule has 0 saturated heterocycles. The van der Waals surface area contributed by atoms with Crippen LogP contribution in [0.1, 0.15) is 20.8 Å². The quantitative estimate of drug-likeness (QED) is 0.881. The van der Waals surface area contributed by atoms with E-state index in [0.717, 1.165) is 5.52 Å². The first-order valence-electron chi connectivity index (χ1n) is 5.83. The van der Waals surface area contributed by atoms with Crippen molar-refractivity contribution in [2.75, 3.05) is 5.75 Å². The van der Waals surface area contributed by atoms with E-state index in [2.05, 4.69) is 10.3 Å². The first kappa shape index (κ1) is 14.2. The van der Waals surface area contributed by atoms with E-state index in [9.17, 15) is 4.79 Å². The van der Waals surface area contributed by atoms with Crippen LogP contribution in [0.3, 0.4) is 0 Å². The van der Waals surface area contributed by atoms with Crippen LogP contribution in [0, 0.1) is 0 Å². The van der Waals surface area contributed by atoms with Crippen LogP contribution in [0.5, 0.6) is 0 Å². The van der Waals surface area contributed by atoms with Crippen LogP contribution in [0.4, 0.5) is 0 Å². The molecular weight excluding hydrogens is 284 g/mol. The summed E-state index contributed by atoms with van der Waals surface area (Å²) in [5.41, 5.74) is 1.14. The van der Waals surface area contributed by atoms with Gasteiger partial charge < -0.3 is 9.73 Å². The van der Waals surface area contributed by atoms with Gasteiger partial charge in [0.2, 0.25) is 5.91 Å². The number of aromatic nitrogens is 1. The van der Waals surface area contributed by atoms with E-state index in [1.165, 1.54) is 11.8 Å². The number of hydrogen-bond acceptors (Lipinski definition) is 4. The van der Waals surface area contributed by atoms with Crippen LogP contribution in [-0.4, -0.2) is 22.2 Å². The first-order valence-corrected chi connectivity index (χ1v) is 7.20. The van der Waals surface area contributed by atoms with Crippen LogP contribution in [0.25, 0.3) is 11.1 Å². The lowest BCUT2D eigenvalue weighted by Gasteiger charge is -2.19. The summed E-state index contributed by atoms with van der Waals surface area (Å²) in [4.78, 5) is 16.0. The molecule has 0 saturated carbocycles. The van der Waals surface area contributed by atoms with E-state index in [0.29, 0.717) is 15.8 Å². The summed E-state index contributed by atoms with van der Waals surface area (Å²) in [5.74, 6) is 0.232. The van der Waals surface area contributed by atoms with Crippen LogP contribution < -0.4 is 5.32 Å². The van der Waals surface area contributed by atoms with Crippen molar-refractivity contribution in [2.45, 2.75) is 31.5 Å². The Morgan fingerprint density at radius 2 is 2.21 bits per heavy atom. The molecule has 0 aliphatic carbocycles. The molecule has 0 aliphatic rings. The van der Waals surface area contributed by atoms with Gasteiger partial charge in [-0.15, -0.1) is 0 Å². The van der Waals surface area contributed by atoms with Crippen molar-refractivity contribution in [1.82, 2.24) is 10.3 Å². The van der Waals surface area contributed by atoms with Crippen molar-refractivity contribution in [3.63, 3.8) is 0 Å². The summed E-state index contributed by atoms with van der Waals surface area (Å²) in [6, 6.07) is 5.26. The molecule has 2 rings (SSSR count). The van der Waals surface area contributed by atoms with E-state index in [-0.39, 0.29) is 17.2 Å². The average molecular weight is 299 g/mol. The molecule has 1 N–H and O–H groups in total. The minimum atomic E-state index is -0.230. The van der Waals surface area contributed by atoms with Gasteiger partial charge in [-0.2, -0.15) is 0 Å². The van der Waals surface area contributed by atoms with Crippen molar-refractivity contribution >= 4 is 40.4 Å². The van der Waals surface area contributed by atoms with Crippen LogP contribution in [0.15, 0.2) is 27.8 Å². The SMILES string of the molecule is CC(C)(C)NC(=O)CSc1nc2ccc(Cl)cc2o1. The lowest BCUT2D eigenvalue weighted by atomic mass is 10.1. The summed E-state index contributed by atoms with van der Waals surface area (Å²) in [5, 5.41) is 3.96. The van der Waals surface area contributed by atoms with Gasteiger partial charge in [-0.3, -0.25) is 4.79 Å². The minimum absolute atomic E-state index is 0.0437. The molecule has 19 heavy (non-hydrogen) atoms. The zero-order valence-corrected chi connectivity index (χ0v) is 12.6. The van der Waals surface area contributed by atoms with Gasteiger partial charge in [0.15, 0.2) is 5.58 Å². The molecule has 0 atom stereocenters. The van der Waals surface area contributed by atoms with Gasteiger partial charge in [0.1, 0.15) is 5.52 Å². The van der Waals surface area contributed by atoms with Crippen molar-refractivity contribution in [3.05, 3.63) is 23.2 Å². The molecule has 2 aromatic rings. The molecular formula is C13H15ClN2O2S. The maximum Gasteiger partial charge on any atom is 0.257 e. The number of halogens is 1. The number of nitrogens with zero attached hydrogens (tertiary/aromatic N) is 1. The smallest absolute Gasteiger partial charge is 0.257 e. The van der Waals surface area contributed by atoms with E-state index >= 15 is 0 Å². The van der Waals surface area contributed by atoms with Crippen molar-refractivity contribution in [3.8, 4) is 0 Å². The highest BCUT2D eigenvalue weighted by Crippen LogP contribution is 2.25. The Kier molecular flexibility index (Phi) is 4.06. The molecule has 0 unspecified atom stereocenters. The second-order valence-electron chi connectivity index (χ2n) is 5.18. The number of amides is 1. The van der Waals surface area contributed by atoms with E-state index in [1.807, 2.05) is 20.8 Å². The Bertz CT molecular complexity index is 604. The summed E-state index contributed by atoms with van der Waals surface area (Å²) < 4.78 is 5.52. The lowest BCUT2D eigenvalue weighted by molar-refractivity contribution is -0.119. The number of fused-ring (bicyclic) bond motifs is 1. The number of carbonyl (C=O) groups is 1. The Morgan fingerprint density at radius 3 is 2.89 bits per heavy atom. The van der Waals surface area contributed by atoms with Crippen LogP contribution >= 0.6 is 23.4 Å². The normalized spacial score (nSPS) is 11.8. The van der Waals surface area contributed by atoms with E-state index < -0.39 is 0 Å². The number of nitrogens with one attached hydrogen (secondary N) is 1. The summed E-state index contributed by atoms with van der Waals surface area (Å²) in [6.45, 7) is 5.82. The molecule has 0 aliphatic heterocycles. The Labute approximate surface area is 120 Å². The number of hydrogen-bond donors (Lipinski definition) is 1. The van der Waals surface area contributed by atoms with Crippen molar-refractivity contribution in [1.29, 1.82) is 0 Å².